The van der Waals surface area contributed by atoms with Gasteiger partial charge in [-0.05, 0) is 58.4 Å². The number of aliphatic hydroxyl groups is 1. The fourth-order valence-electron chi connectivity index (χ4n) is 2.03. The molecule has 0 aromatic heterocycles. The number of aliphatic hydroxyl groups excluding tert-OH is 1. The van der Waals surface area contributed by atoms with Crippen LogP contribution in [0.15, 0.2) is 131 Å². The standard InChI is InChI=1S/C12H16S.C11H14OS.C5H8O.C5H8.CH4/c1-3-11(2)9-10-13-12-7-5-4-6-8-12;1-10(9-12)7-8-13-11-5-3-2-4-6-11;1-3-5(2)4-6-5;1-4-5(2)3;/h4-9H,3,10H2,1-2H3;2-7,12H,8-9H2,1H3;3H,1,4H2,2H3;4H,1-2H2,3H3;1H4/b11-9+;10-7+;;;. The Hall–Kier alpha value is -2.24. The Bertz CT molecular complexity index is 883. The first-order chi connectivity index (χ1) is 17.7. The minimum absolute atomic E-state index is 0. The summed E-state index contributed by atoms with van der Waals surface area (Å²) in [4.78, 5) is 2.62. The third kappa shape index (κ3) is 22.9. The monoisotopic (exact) mass is 554 g/mol. The number of benzene rings is 2. The van der Waals surface area contributed by atoms with Crippen LogP contribution in [-0.4, -0.2) is 35.4 Å². The molecule has 0 radical (unpaired) electrons. The quantitative estimate of drug-likeness (QED) is 0.137. The van der Waals surface area contributed by atoms with Gasteiger partial charge in [-0.2, -0.15) is 0 Å². The molecule has 1 unspecified atom stereocenters. The molecule has 1 N–H and O–H groups in total. The lowest BCUT2D eigenvalue weighted by atomic mass is 10.2. The Kier molecular flexibility index (Phi) is 23.8. The second-order valence-corrected chi connectivity index (χ2v) is 10.9. The highest BCUT2D eigenvalue weighted by atomic mass is 32.2. The average Bonchev–Trinajstić information content (AvgIpc) is 3.68. The van der Waals surface area contributed by atoms with E-state index in [0.29, 0.717) is 0 Å². The number of hydrogen-bond donors (Lipinski definition) is 1. The van der Waals surface area contributed by atoms with Crippen molar-refractivity contribution in [1.82, 2.24) is 0 Å². The second kappa shape index (κ2) is 23.8. The van der Waals surface area contributed by atoms with E-state index >= 15 is 0 Å². The maximum absolute atomic E-state index is 8.75. The molecule has 1 heterocycles. The van der Waals surface area contributed by atoms with Crippen molar-refractivity contribution in [2.75, 3.05) is 24.7 Å². The summed E-state index contributed by atoms with van der Waals surface area (Å²) in [6.07, 6.45) is 9.07. The molecule has 0 aliphatic carbocycles. The summed E-state index contributed by atoms with van der Waals surface area (Å²) < 4.78 is 4.93. The van der Waals surface area contributed by atoms with Crippen LogP contribution < -0.4 is 0 Å². The van der Waals surface area contributed by atoms with Crippen LogP contribution in [0.1, 0.15) is 48.5 Å². The lowest BCUT2D eigenvalue weighted by molar-refractivity contribution is 0.331. The normalized spacial score (nSPS) is 15.5. The van der Waals surface area contributed by atoms with Gasteiger partial charge >= 0.3 is 0 Å². The van der Waals surface area contributed by atoms with Crippen LogP contribution in [0.3, 0.4) is 0 Å². The summed E-state index contributed by atoms with van der Waals surface area (Å²) in [7, 11) is 0. The van der Waals surface area contributed by atoms with E-state index in [1.165, 1.54) is 15.4 Å². The largest absolute Gasteiger partial charge is 0.392 e. The molecule has 210 valence electrons. The summed E-state index contributed by atoms with van der Waals surface area (Å²) in [5.41, 5.74) is 3.58. The fraction of sp³-hybridized carbons (Fsp3) is 0.353. The number of allylic oxidation sites excluding steroid dienone is 3. The van der Waals surface area contributed by atoms with Crippen molar-refractivity contribution in [2.45, 2.75) is 63.9 Å². The van der Waals surface area contributed by atoms with Crippen molar-refractivity contribution in [3.63, 3.8) is 0 Å². The van der Waals surface area contributed by atoms with Crippen LogP contribution in [0.5, 0.6) is 0 Å². The lowest BCUT2D eigenvalue weighted by Gasteiger charge is -1.98. The van der Waals surface area contributed by atoms with Gasteiger partial charge in [0.1, 0.15) is 5.60 Å². The maximum Gasteiger partial charge on any atom is 0.107 e. The van der Waals surface area contributed by atoms with Crippen LogP contribution >= 0.6 is 23.5 Å². The molecule has 0 bridgehead atoms. The molecule has 1 saturated heterocycles. The van der Waals surface area contributed by atoms with Crippen LogP contribution in [-0.2, 0) is 4.74 Å². The van der Waals surface area contributed by atoms with Gasteiger partial charge in [-0.1, -0.05) is 105 Å². The number of hydrogen-bond acceptors (Lipinski definition) is 4. The molecule has 2 nitrogen and oxygen atoms in total. The van der Waals surface area contributed by atoms with Crippen molar-refractivity contribution in [2.24, 2.45) is 0 Å². The molecular formula is C34H50O2S2. The summed E-state index contributed by atoms with van der Waals surface area (Å²) in [6, 6.07) is 20.8. The molecule has 1 aliphatic heterocycles. The zero-order valence-corrected chi connectivity index (χ0v) is 25.0. The third-order valence-corrected chi connectivity index (χ3v) is 6.91. The van der Waals surface area contributed by atoms with E-state index in [1.54, 1.807) is 17.8 Å². The fourth-order valence-corrected chi connectivity index (χ4v) is 3.85. The van der Waals surface area contributed by atoms with Gasteiger partial charge in [0.05, 0.1) is 13.2 Å². The van der Waals surface area contributed by atoms with Gasteiger partial charge in [-0.25, -0.2) is 0 Å². The molecule has 1 aliphatic rings. The number of ether oxygens (including phenoxy) is 1. The van der Waals surface area contributed by atoms with Gasteiger partial charge in [-0.15, -0.1) is 30.1 Å². The Morgan fingerprint density at radius 3 is 1.55 bits per heavy atom. The molecule has 4 heteroatoms. The molecule has 1 fully saturated rings. The molecule has 0 amide bonds. The Balaban J connectivity index is 0. The average molecular weight is 555 g/mol. The molecule has 38 heavy (non-hydrogen) atoms. The zero-order valence-electron chi connectivity index (χ0n) is 23.4. The summed E-state index contributed by atoms with van der Waals surface area (Å²) in [5.74, 6) is 2.01. The predicted molar refractivity (Wildman–Crippen MR) is 176 cm³/mol. The maximum atomic E-state index is 8.75. The summed E-state index contributed by atoms with van der Waals surface area (Å²) in [5, 5.41) is 8.75. The first-order valence-corrected chi connectivity index (χ1v) is 14.5. The van der Waals surface area contributed by atoms with Crippen molar-refractivity contribution in [3.8, 4) is 0 Å². The highest BCUT2D eigenvalue weighted by Crippen LogP contribution is 2.25. The van der Waals surface area contributed by atoms with E-state index in [2.05, 4.69) is 88.2 Å². The molecule has 0 saturated carbocycles. The zero-order chi connectivity index (χ0) is 27.9. The van der Waals surface area contributed by atoms with Gasteiger partial charge in [0.25, 0.3) is 0 Å². The van der Waals surface area contributed by atoms with E-state index in [4.69, 9.17) is 9.84 Å². The highest BCUT2D eigenvalue weighted by molar-refractivity contribution is 7.99. The van der Waals surface area contributed by atoms with Gasteiger partial charge in [0.15, 0.2) is 0 Å². The Morgan fingerprint density at radius 2 is 1.29 bits per heavy atom. The first-order valence-electron chi connectivity index (χ1n) is 12.5. The topological polar surface area (TPSA) is 32.8 Å². The highest BCUT2D eigenvalue weighted by Gasteiger charge is 2.34. The van der Waals surface area contributed by atoms with Crippen molar-refractivity contribution < 1.29 is 9.84 Å². The summed E-state index contributed by atoms with van der Waals surface area (Å²) >= 11 is 3.66. The Morgan fingerprint density at radius 1 is 0.895 bits per heavy atom. The van der Waals surface area contributed by atoms with E-state index in [-0.39, 0.29) is 19.6 Å². The van der Waals surface area contributed by atoms with Crippen LogP contribution in [0, 0.1) is 0 Å². The molecular weight excluding hydrogens is 505 g/mol. The van der Waals surface area contributed by atoms with E-state index in [1.807, 2.05) is 56.8 Å². The number of rotatable bonds is 10. The van der Waals surface area contributed by atoms with Gasteiger partial charge < -0.3 is 9.84 Å². The number of epoxide rings is 1. The molecule has 3 rings (SSSR count). The summed E-state index contributed by atoms with van der Waals surface area (Å²) in [6.45, 7) is 21.8. The van der Waals surface area contributed by atoms with Gasteiger partial charge in [0, 0.05) is 21.3 Å². The minimum Gasteiger partial charge on any atom is -0.392 e. The third-order valence-electron chi connectivity index (χ3n) is 5.04. The minimum atomic E-state index is 0. The smallest absolute Gasteiger partial charge is 0.107 e. The van der Waals surface area contributed by atoms with Crippen LogP contribution in [0.25, 0.3) is 0 Å². The van der Waals surface area contributed by atoms with Gasteiger partial charge in [0.2, 0.25) is 0 Å². The molecule has 2 aromatic carbocycles. The second-order valence-electron chi connectivity index (χ2n) is 8.72. The van der Waals surface area contributed by atoms with Gasteiger partial charge in [-0.3, -0.25) is 0 Å². The Labute approximate surface area is 242 Å². The van der Waals surface area contributed by atoms with E-state index in [0.717, 1.165) is 35.7 Å². The molecule has 1 atom stereocenters. The predicted octanol–water partition coefficient (Wildman–Crippen LogP) is 10.2. The lowest BCUT2D eigenvalue weighted by Crippen LogP contribution is -1.94. The SMILES string of the molecule is C.C/C(=C\CSc1ccccc1)CO.C=CC(=C)C.C=CC1(C)CO1.CC/C(C)=C/CSc1ccccc1. The molecule has 0 spiro atoms. The van der Waals surface area contributed by atoms with Crippen molar-refractivity contribution >= 4 is 23.5 Å². The van der Waals surface area contributed by atoms with E-state index < -0.39 is 0 Å². The molecule has 2 aromatic rings. The van der Waals surface area contributed by atoms with Crippen LogP contribution in [0.4, 0.5) is 0 Å². The van der Waals surface area contributed by atoms with Crippen molar-refractivity contribution in [1.29, 1.82) is 0 Å². The van der Waals surface area contributed by atoms with Crippen LogP contribution in [0.2, 0.25) is 0 Å². The number of thioether (sulfide) groups is 2. The first kappa shape index (κ1) is 37.9. The van der Waals surface area contributed by atoms with E-state index in [9.17, 15) is 0 Å². The van der Waals surface area contributed by atoms with Crippen molar-refractivity contribution in [3.05, 3.63) is 121 Å².